The molecule has 2 N–H and O–H groups in total. The Morgan fingerprint density at radius 3 is 2.26 bits per heavy atom. The monoisotopic (exact) mass is 534 g/mol. The molecule has 0 spiro atoms. The van der Waals surface area contributed by atoms with Gasteiger partial charge >= 0.3 is 6.18 Å². The lowest BCUT2D eigenvalue weighted by atomic mass is 9.95. The van der Waals surface area contributed by atoms with Crippen molar-refractivity contribution in [2.45, 2.75) is 70.0 Å². The minimum Gasteiger partial charge on any atom is -0.417 e. The normalized spacial score (nSPS) is 19.6. The van der Waals surface area contributed by atoms with Gasteiger partial charge < -0.3 is 24.9 Å². The van der Waals surface area contributed by atoms with Gasteiger partial charge in [-0.25, -0.2) is 4.98 Å². The number of hydrogen-bond donors (Lipinski definition) is 2. The minimum atomic E-state index is -4.83. The molecule has 0 unspecified atom stereocenters. The van der Waals surface area contributed by atoms with Gasteiger partial charge in [-0.05, 0) is 57.1 Å². The summed E-state index contributed by atoms with van der Waals surface area (Å²) >= 11 is 0. The number of anilines is 3. The largest absolute Gasteiger partial charge is 0.437 e. The number of pyridine rings is 1. The summed E-state index contributed by atoms with van der Waals surface area (Å²) in [5.41, 5.74) is -1.09. The zero-order chi connectivity index (χ0) is 26.7. The van der Waals surface area contributed by atoms with E-state index in [1.54, 1.807) is 17.0 Å². The maximum absolute atomic E-state index is 13.6. The van der Waals surface area contributed by atoms with Gasteiger partial charge in [0, 0.05) is 38.1 Å². The molecule has 5 rings (SSSR count). The third-order valence-electron chi connectivity index (χ3n) is 7.61. The van der Waals surface area contributed by atoms with E-state index in [1.807, 2.05) is 0 Å². The van der Waals surface area contributed by atoms with Crippen molar-refractivity contribution in [2.24, 2.45) is 5.92 Å². The van der Waals surface area contributed by atoms with E-state index >= 15 is 0 Å². The van der Waals surface area contributed by atoms with Crippen LogP contribution in [0.5, 0.6) is 0 Å². The lowest BCUT2D eigenvalue weighted by Gasteiger charge is -2.32. The van der Waals surface area contributed by atoms with E-state index in [-0.39, 0.29) is 23.5 Å². The average molecular weight is 535 g/mol. The number of amides is 2. The quantitative estimate of drug-likeness (QED) is 0.558. The third kappa shape index (κ3) is 6.05. The highest BCUT2D eigenvalue weighted by Gasteiger charge is 2.42. The summed E-state index contributed by atoms with van der Waals surface area (Å²) in [6.45, 7) is 2.42. The number of piperidine rings is 2. The van der Waals surface area contributed by atoms with Crippen LogP contribution >= 0.6 is 0 Å². The molecule has 12 heteroatoms. The Balaban J connectivity index is 1.19. The van der Waals surface area contributed by atoms with Crippen molar-refractivity contribution in [2.75, 3.05) is 41.3 Å². The highest BCUT2D eigenvalue weighted by Crippen LogP contribution is 2.35. The molecule has 0 radical (unpaired) electrons. The molecule has 38 heavy (non-hydrogen) atoms. The molecule has 3 aliphatic rings. The first-order valence-electron chi connectivity index (χ1n) is 13.4. The molecule has 2 amide bonds. The molecule has 0 atom stereocenters. The molecule has 3 fully saturated rings. The Morgan fingerprint density at radius 2 is 1.63 bits per heavy atom. The zero-order valence-electron chi connectivity index (χ0n) is 21.2. The van der Waals surface area contributed by atoms with Crippen LogP contribution in [0.3, 0.4) is 0 Å². The predicted molar refractivity (Wildman–Crippen MR) is 135 cm³/mol. The van der Waals surface area contributed by atoms with E-state index in [9.17, 15) is 22.8 Å². The van der Waals surface area contributed by atoms with Crippen LogP contribution in [-0.4, -0.2) is 54.0 Å². The van der Waals surface area contributed by atoms with Gasteiger partial charge in [-0.2, -0.15) is 18.2 Å². The minimum absolute atomic E-state index is 0.00928. The van der Waals surface area contributed by atoms with Gasteiger partial charge in [0.1, 0.15) is 5.82 Å². The summed E-state index contributed by atoms with van der Waals surface area (Å²) in [4.78, 5) is 37.0. The lowest BCUT2D eigenvalue weighted by Crippen LogP contribution is -2.43. The molecular weight excluding hydrogens is 501 g/mol. The van der Waals surface area contributed by atoms with E-state index in [0.717, 1.165) is 44.9 Å². The number of halogens is 3. The molecular formula is C26H33F3N6O3. The van der Waals surface area contributed by atoms with Crippen LogP contribution < -0.4 is 20.4 Å². The SMILES string of the molecule is O=C(Nc1ccc(N2CCC(C(=O)NC3CCCC3)CC2)nc1)c1oc(N2CCCCC2)nc1C(F)(F)F. The van der Waals surface area contributed by atoms with Crippen molar-refractivity contribution < 1.29 is 27.2 Å². The van der Waals surface area contributed by atoms with Crippen molar-refractivity contribution in [3.8, 4) is 0 Å². The van der Waals surface area contributed by atoms with Crippen LogP contribution in [0, 0.1) is 5.92 Å². The van der Waals surface area contributed by atoms with Gasteiger partial charge in [0.2, 0.25) is 11.7 Å². The Bertz CT molecular complexity index is 1120. The van der Waals surface area contributed by atoms with Crippen LogP contribution in [0.15, 0.2) is 22.7 Å². The van der Waals surface area contributed by atoms with Crippen LogP contribution in [0.4, 0.5) is 30.7 Å². The molecule has 2 aliphatic heterocycles. The van der Waals surface area contributed by atoms with E-state index in [4.69, 9.17) is 4.42 Å². The van der Waals surface area contributed by atoms with Gasteiger partial charge in [0.05, 0.1) is 11.9 Å². The molecule has 2 saturated heterocycles. The van der Waals surface area contributed by atoms with E-state index in [0.29, 0.717) is 38.0 Å². The number of carbonyl (C=O) groups excluding carboxylic acids is 2. The van der Waals surface area contributed by atoms with Gasteiger partial charge in [0.15, 0.2) is 5.69 Å². The van der Waals surface area contributed by atoms with Crippen LogP contribution in [0.25, 0.3) is 0 Å². The highest BCUT2D eigenvalue weighted by atomic mass is 19.4. The molecule has 206 valence electrons. The summed E-state index contributed by atoms with van der Waals surface area (Å²) in [6, 6.07) is 3.43. The first kappa shape index (κ1) is 26.3. The number of oxazole rings is 1. The van der Waals surface area contributed by atoms with E-state index in [2.05, 4.69) is 25.5 Å². The van der Waals surface area contributed by atoms with Gasteiger partial charge in [-0.15, -0.1) is 0 Å². The fraction of sp³-hybridized carbons (Fsp3) is 0.615. The van der Waals surface area contributed by atoms with Crippen molar-refractivity contribution in [3.63, 3.8) is 0 Å². The summed E-state index contributed by atoms with van der Waals surface area (Å²) in [6.07, 6.45) is 5.15. The Morgan fingerprint density at radius 1 is 0.921 bits per heavy atom. The number of nitrogens with zero attached hydrogens (tertiary/aromatic N) is 4. The molecule has 1 saturated carbocycles. The molecule has 0 bridgehead atoms. The second-order valence-electron chi connectivity index (χ2n) is 10.3. The molecule has 2 aromatic rings. The van der Waals surface area contributed by atoms with Gasteiger partial charge in [-0.1, -0.05) is 12.8 Å². The molecule has 2 aromatic heterocycles. The number of rotatable bonds is 6. The van der Waals surface area contributed by atoms with Crippen molar-refractivity contribution in [1.82, 2.24) is 15.3 Å². The predicted octanol–water partition coefficient (Wildman–Crippen LogP) is 4.61. The second kappa shape index (κ2) is 11.2. The van der Waals surface area contributed by atoms with Crippen LogP contribution in [0.2, 0.25) is 0 Å². The average Bonchev–Trinajstić information content (AvgIpc) is 3.60. The topological polar surface area (TPSA) is 104 Å². The lowest BCUT2D eigenvalue weighted by molar-refractivity contribution is -0.141. The third-order valence-corrected chi connectivity index (χ3v) is 7.61. The molecule has 4 heterocycles. The summed E-state index contributed by atoms with van der Waals surface area (Å²) < 4.78 is 46.1. The number of aromatic nitrogens is 2. The Hall–Kier alpha value is -3.31. The highest BCUT2D eigenvalue weighted by molar-refractivity contribution is 6.03. The van der Waals surface area contributed by atoms with Crippen molar-refractivity contribution in [3.05, 3.63) is 29.8 Å². The summed E-state index contributed by atoms with van der Waals surface area (Å²) in [5, 5.41) is 5.63. The van der Waals surface area contributed by atoms with Gasteiger partial charge in [-0.3, -0.25) is 9.59 Å². The fourth-order valence-corrected chi connectivity index (χ4v) is 5.47. The van der Waals surface area contributed by atoms with Crippen molar-refractivity contribution >= 4 is 29.3 Å². The maximum atomic E-state index is 13.6. The zero-order valence-corrected chi connectivity index (χ0v) is 21.2. The van der Waals surface area contributed by atoms with Crippen molar-refractivity contribution in [1.29, 1.82) is 0 Å². The number of nitrogens with one attached hydrogen (secondary N) is 2. The first-order chi connectivity index (χ1) is 18.3. The molecule has 1 aliphatic carbocycles. The van der Waals surface area contributed by atoms with E-state index in [1.165, 1.54) is 19.0 Å². The number of carbonyl (C=O) groups is 2. The second-order valence-corrected chi connectivity index (χ2v) is 10.3. The standard InChI is InChI=1S/C26H33F3N6O3/c27-26(28,29)22-21(38-25(33-22)35-12-4-1-5-13-35)24(37)32-19-8-9-20(30-16-19)34-14-10-17(11-15-34)23(36)31-18-6-2-3-7-18/h8-9,16-18H,1-7,10-15H2,(H,31,36)(H,32,37). The Kier molecular flexibility index (Phi) is 7.75. The van der Waals surface area contributed by atoms with Crippen LogP contribution in [0.1, 0.15) is 74.0 Å². The molecule has 0 aromatic carbocycles. The van der Waals surface area contributed by atoms with Gasteiger partial charge in [0.25, 0.3) is 11.9 Å². The smallest absolute Gasteiger partial charge is 0.417 e. The fourth-order valence-electron chi connectivity index (χ4n) is 5.47. The first-order valence-corrected chi connectivity index (χ1v) is 13.4. The number of alkyl halides is 3. The summed E-state index contributed by atoms with van der Waals surface area (Å²) in [5.74, 6) is -1.08. The van der Waals surface area contributed by atoms with Crippen LogP contribution in [-0.2, 0) is 11.0 Å². The maximum Gasteiger partial charge on any atom is 0.437 e. The summed E-state index contributed by atoms with van der Waals surface area (Å²) in [7, 11) is 0. The Labute approximate surface area is 219 Å². The van der Waals surface area contributed by atoms with E-state index < -0.39 is 23.5 Å². The number of hydrogen-bond acceptors (Lipinski definition) is 7. The molecule has 9 nitrogen and oxygen atoms in total.